The number of nitrogens with two attached hydrogens (primary N) is 1. The Bertz CT molecular complexity index is 797. The Labute approximate surface area is 135 Å². The van der Waals surface area contributed by atoms with Crippen LogP contribution < -0.4 is 10.5 Å². The number of aromatic nitrogens is 2. The van der Waals surface area contributed by atoms with Gasteiger partial charge in [0.15, 0.2) is 0 Å². The standard InChI is InChI=1S/C15H18N4O3S/c1-10-9-11(2)19-14(18-10)7-8-17-15(20)12-3-5-13(6-4-12)23(16,21)22/h3-6,9H,7-8H2,1-2H3,(H,17,20)(H2,16,21,22). The van der Waals surface area contributed by atoms with Crippen LogP contribution in [-0.2, 0) is 16.4 Å². The van der Waals surface area contributed by atoms with Crippen LogP contribution in [0, 0.1) is 13.8 Å². The van der Waals surface area contributed by atoms with E-state index < -0.39 is 10.0 Å². The average Bonchev–Trinajstić information content (AvgIpc) is 2.45. The summed E-state index contributed by atoms with van der Waals surface area (Å²) in [7, 11) is -3.75. The first-order chi connectivity index (χ1) is 10.8. The summed E-state index contributed by atoms with van der Waals surface area (Å²) in [5.41, 5.74) is 2.13. The van der Waals surface area contributed by atoms with Gasteiger partial charge >= 0.3 is 0 Å². The molecule has 1 aromatic heterocycles. The van der Waals surface area contributed by atoms with Crippen molar-refractivity contribution in [1.82, 2.24) is 15.3 Å². The van der Waals surface area contributed by atoms with Gasteiger partial charge in [-0.2, -0.15) is 0 Å². The van der Waals surface area contributed by atoms with E-state index in [-0.39, 0.29) is 10.8 Å². The number of hydrogen-bond donors (Lipinski definition) is 2. The van der Waals surface area contributed by atoms with E-state index in [1.165, 1.54) is 24.3 Å². The molecule has 0 aliphatic heterocycles. The highest BCUT2D eigenvalue weighted by Gasteiger charge is 2.10. The van der Waals surface area contributed by atoms with Crippen molar-refractivity contribution in [1.29, 1.82) is 0 Å². The summed E-state index contributed by atoms with van der Waals surface area (Å²) >= 11 is 0. The molecule has 2 rings (SSSR count). The Morgan fingerprint density at radius 1 is 1.13 bits per heavy atom. The van der Waals surface area contributed by atoms with Crippen molar-refractivity contribution in [2.45, 2.75) is 25.2 Å². The molecule has 23 heavy (non-hydrogen) atoms. The van der Waals surface area contributed by atoms with Crippen molar-refractivity contribution in [3.8, 4) is 0 Å². The molecule has 0 saturated carbocycles. The second-order valence-corrected chi connectivity index (χ2v) is 6.70. The summed E-state index contributed by atoms with van der Waals surface area (Å²) in [6.07, 6.45) is 0.517. The van der Waals surface area contributed by atoms with Crippen LogP contribution in [0.2, 0.25) is 0 Å². The minimum Gasteiger partial charge on any atom is -0.352 e. The lowest BCUT2D eigenvalue weighted by Gasteiger charge is -2.06. The second-order valence-electron chi connectivity index (χ2n) is 5.14. The Hall–Kier alpha value is -2.32. The highest BCUT2D eigenvalue weighted by molar-refractivity contribution is 7.89. The predicted octanol–water partition coefficient (Wildman–Crippen LogP) is 0.713. The third-order valence-corrected chi connectivity index (χ3v) is 4.04. The largest absolute Gasteiger partial charge is 0.352 e. The Balaban J connectivity index is 1.94. The molecule has 0 aliphatic rings. The normalized spacial score (nSPS) is 11.3. The SMILES string of the molecule is Cc1cc(C)nc(CCNC(=O)c2ccc(S(N)(=O)=O)cc2)n1. The van der Waals surface area contributed by atoms with Crippen LogP contribution in [0.5, 0.6) is 0 Å². The summed E-state index contributed by atoms with van der Waals surface area (Å²) in [5, 5.41) is 7.75. The van der Waals surface area contributed by atoms with Crippen LogP contribution in [0.1, 0.15) is 27.6 Å². The van der Waals surface area contributed by atoms with Gasteiger partial charge in [0, 0.05) is 29.9 Å². The van der Waals surface area contributed by atoms with Crippen LogP contribution >= 0.6 is 0 Å². The molecule has 0 radical (unpaired) electrons. The van der Waals surface area contributed by atoms with Gasteiger partial charge in [-0.25, -0.2) is 23.5 Å². The Morgan fingerprint density at radius 3 is 2.22 bits per heavy atom. The quantitative estimate of drug-likeness (QED) is 0.836. The van der Waals surface area contributed by atoms with Gasteiger partial charge in [-0.3, -0.25) is 4.79 Å². The smallest absolute Gasteiger partial charge is 0.251 e. The highest BCUT2D eigenvalue weighted by Crippen LogP contribution is 2.08. The molecule has 1 heterocycles. The number of sulfonamides is 1. The molecule has 1 aromatic carbocycles. The van der Waals surface area contributed by atoms with E-state index in [1.54, 1.807) is 0 Å². The molecule has 0 aliphatic carbocycles. The van der Waals surface area contributed by atoms with Crippen LogP contribution in [0.4, 0.5) is 0 Å². The van der Waals surface area contributed by atoms with Gasteiger partial charge in [0.05, 0.1) is 4.90 Å². The first kappa shape index (κ1) is 17.0. The van der Waals surface area contributed by atoms with Gasteiger partial charge in [-0.05, 0) is 44.2 Å². The lowest BCUT2D eigenvalue weighted by atomic mass is 10.2. The van der Waals surface area contributed by atoms with Crippen molar-refractivity contribution in [3.63, 3.8) is 0 Å². The Kier molecular flexibility index (Phi) is 5.07. The third kappa shape index (κ3) is 4.83. The molecule has 0 fully saturated rings. The zero-order chi connectivity index (χ0) is 17.0. The topological polar surface area (TPSA) is 115 Å². The number of hydrogen-bond acceptors (Lipinski definition) is 5. The van der Waals surface area contributed by atoms with E-state index in [1.807, 2.05) is 19.9 Å². The summed E-state index contributed by atoms with van der Waals surface area (Å²) in [4.78, 5) is 20.6. The van der Waals surface area contributed by atoms with Crippen LogP contribution in [-0.4, -0.2) is 30.8 Å². The van der Waals surface area contributed by atoms with E-state index in [0.717, 1.165) is 11.4 Å². The molecule has 8 heteroatoms. The van der Waals surface area contributed by atoms with Crippen LogP contribution in [0.3, 0.4) is 0 Å². The van der Waals surface area contributed by atoms with Crippen molar-refractivity contribution in [3.05, 3.63) is 53.1 Å². The van der Waals surface area contributed by atoms with Crippen molar-refractivity contribution in [2.24, 2.45) is 5.14 Å². The summed E-state index contributed by atoms with van der Waals surface area (Å²) in [6.45, 7) is 4.17. The number of carbonyl (C=O) groups excluding carboxylic acids is 1. The van der Waals surface area contributed by atoms with E-state index in [4.69, 9.17) is 5.14 Å². The zero-order valence-corrected chi connectivity index (χ0v) is 13.7. The van der Waals surface area contributed by atoms with Crippen LogP contribution in [0.25, 0.3) is 0 Å². The molecule has 0 bridgehead atoms. The molecule has 3 N–H and O–H groups in total. The van der Waals surface area contributed by atoms with Gasteiger partial charge in [0.2, 0.25) is 10.0 Å². The summed E-state index contributed by atoms with van der Waals surface area (Å²) in [5.74, 6) is 0.378. The average molecular weight is 334 g/mol. The molecular formula is C15H18N4O3S. The minimum atomic E-state index is -3.75. The number of amides is 1. The van der Waals surface area contributed by atoms with Crippen LogP contribution in [0.15, 0.2) is 35.2 Å². The van der Waals surface area contributed by atoms with Crippen molar-refractivity contribution in [2.75, 3.05) is 6.54 Å². The molecule has 2 aromatic rings. The summed E-state index contributed by atoms with van der Waals surface area (Å²) in [6, 6.07) is 7.33. The maximum absolute atomic E-state index is 12.0. The van der Waals surface area contributed by atoms with Gasteiger partial charge < -0.3 is 5.32 Å². The fourth-order valence-corrected chi connectivity index (χ4v) is 2.61. The molecule has 7 nitrogen and oxygen atoms in total. The number of aryl methyl sites for hydroxylation is 2. The third-order valence-electron chi connectivity index (χ3n) is 3.11. The molecule has 0 spiro atoms. The number of primary sulfonamides is 1. The molecule has 1 amide bonds. The number of nitrogens with zero attached hydrogens (tertiary/aromatic N) is 2. The van der Waals surface area contributed by atoms with E-state index in [0.29, 0.717) is 24.4 Å². The maximum Gasteiger partial charge on any atom is 0.251 e. The van der Waals surface area contributed by atoms with E-state index in [9.17, 15) is 13.2 Å². The minimum absolute atomic E-state index is 0.0299. The lowest BCUT2D eigenvalue weighted by molar-refractivity contribution is 0.0954. The van der Waals surface area contributed by atoms with Crippen molar-refractivity contribution >= 4 is 15.9 Å². The number of carbonyl (C=O) groups is 1. The molecule has 0 saturated heterocycles. The van der Waals surface area contributed by atoms with E-state index >= 15 is 0 Å². The molecular weight excluding hydrogens is 316 g/mol. The summed E-state index contributed by atoms with van der Waals surface area (Å²) < 4.78 is 22.3. The number of benzene rings is 1. The number of nitrogens with one attached hydrogen (secondary N) is 1. The molecule has 0 unspecified atom stereocenters. The predicted molar refractivity (Wildman–Crippen MR) is 85.4 cm³/mol. The van der Waals surface area contributed by atoms with Gasteiger partial charge in [-0.15, -0.1) is 0 Å². The lowest BCUT2D eigenvalue weighted by Crippen LogP contribution is -2.26. The van der Waals surface area contributed by atoms with Crippen molar-refractivity contribution < 1.29 is 13.2 Å². The van der Waals surface area contributed by atoms with Gasteiger partial charge in [0.25, 0.3) is 5.91 Å². The monoisotopic (exact) mass is 334 g/mol. The van der Waals surface area contributed by atoms with Gasteiger partial charge in [-0.1, -0.05) is 0 Å². The zero-order valence-electron chi connectivity index (χ0n) is 12.9. The Morgan fingerprint density at radius 2 is 1.70 bits per heavy atom. The van der Waals surface area contributed by atoms with E-state index in [2.05, 4.69) is 15.3 Å². The molecule has 122 valence electrons. The molecule has 0 atom stereocenters. The first-order valence-corrected chi connectivity index (χ1v) is 8.52. The fourth-order valence-electron chi connectivity index (χ4n) is 2.10. The first-order valence-electron chi connectivity index (χ1n) is 6.98. The highest BCUT2D eigenvalue weighted by atomic mass is 32.2. The maximum atomic E-state index is 12.0. The van der Waals surface area contributed by atoms with Gasteiger partial charge in [0.1, 0.15) is 5.82 Å². The number of rotatable bonds is 5. The fraction of sp³-hybridized carbons (Fsp3) is 0.267. The second kappa shape index (κ2) is 6.84.